The fraction of sp³-hybridized carbons (Fsp3) is 0.400. The molecule has 0 spiro atoms. The van der Waals surface area contributed by atoms with E-state index in [9.17, 15) is 13.2 Å². The molecule has 1 aliphatic heterocycles. The van der Waals surface area contributed by atoms with Crippen molar-refractivity contribution in [3.8, 4) is 0 Å². The van der Waals surface area contributed by atoms with E-state index in [0.29, 0.717) is 0 Å². The van der Waals surface area contributed by atoms with Crippen LogP contribution >= 0.6 is 11.6 Å². The zero-order valence-electron chi connectivity index (χ0n) is 8.74. The number of alkyl halides is 3. The lowest BCUT2D eigenvalue weighted by Gasteiger charge is -2.17. The number of hydrogen-bond acceptors (Lipinski definition) is 3. The standard InChI is InChI=1S/C10H11ClF3N3/c11-7-2-1-6(10(12,13)14)5-8(7)17-9-15-3-4-16-9/h1-2,5,9,15-17H,3-4H2. The normalized spacial score (nSPS) is 17.4. The summed E-state index contributed by atoms with van der Waals surface area (Å²) in [6, 6.07) is 3.20. The first-order valence-electron chi connectivity index (χ1n) is 5.07. The van der Waals surface area contributed by atoms with Gasteiger partial charge in [0, 0.05) is 13.1 Å². The molecule has 7 heteroatoms. The Bertz CT molecular complexity index is 402. The third-order valence-electron chi connectivity index (χ3n) is 2.42. The molecular formula is C10H11ClF3N3. The molecule has 1 heterocycles. The maximum atomic E-state index is 12.5. The number of rotatable bonds is 2. The molecule has 1 fully saturated rings. The fourth-order valence-electron chi connectivity index (χ4n) is 1.57. The second kappa shape index (κ2) is 4.72. The molecule has 1 aromatic rings. The second-order valence-corrected chi connectivity index (χ2v) is 4.09. The zero-order valence-corrected chi connectivity index (χ0v) is 9.49. The Kier molecular flexibility index (Phi) is 3.46. The summed E-state index contributed by atoms with van der Waals surface area (Å²) in [7, 11) is 0. The number of nitrogens with one attached hydrogen (secondary N) is 3. The summed E-state index contributed by atoms with van der Waals surface area (Å²) >= 11 is 5.84. The highest BCUT2D eigenvalue weighted by Gasteiger charge is 2.31. The van der Waals surface area contributed by atoms with Gasteiger partial charge in [0.25, 0.3) is 0 Å². The molecule has 0 aromatic heterocycles. The molecule has 0 aliphatic carbocycles. The van der Waals surface area contributed by atoms with Crippen molar-refractivity contribution in [3.05, 3.63) is 28.8 Å². The van der Waals surface area contributed by atoms with Gasteiger partial charge in [-0.3, -0.25) is 10.6 Å². The van der Waals surface area contributed by atoms with Gasteiger partial charge in [-0.2, -0.15) is 13.2 Å². The minimum Gasteiger partial charge on any atom is -0.356 e. The lowest BCUT2D eigenvalue weighted by Crippen LogP contribution is -2.38. The SMILES string of the molecule is FC(F)(F)c1ccc(Cl)c(NC2NCCN2)c1. The van der Waals surface area contributed by atoms with Crippen LogP contribution in [0.5, 0.6) is 0 Å². The average molecular weight is 266 g/mol. The highest BCUT2D eigenvalue weighted by atomic mass is 35.5. The molecule has 17 heavy (non-hydrogen) atoms. The summed E-state index contributed by atoms with van der Waals surface area (Å²) in [6.45, 7) is 1.52. The van der Waals surface area contributed by atoms with Crippen molar-refractivity contribution in [3.63, 3.8) is 0 Å². The molecule has 3 nitrogen and oxygen atoms in total. The molecule has 1 aromatic carbocycles. The third kappa shape index (κ3) is 3.02. The highest BCUT2D eigenvalue weighted by molar-refractivity contribution is 6.33. The van der Waals surface area contributed by atoms with Crippen LogP contribution in [0.15, 0.2) is 18.2 Å². The Morgan fingerprint density at radius 1 is 1.24 bits per heavy atom. The summed E-state index contributed by atoms with van der Waals surface area (Å²) in [4.78, 5) is 0. The van der Waals surface area contributed by atoms with Crippen molar-refractivity contribution in [1.29, 1.82) is 0 Å². The molecule has 0 unspecified atom stereocenters. The van der Waals surface area contributed by atoms with Crippen LogP contribution in [0.25, 0.3) is 0 Å². The summed E-state index contributed by atoms with van der Waals surface area (Å²) in [6.07, 6.45) is -4.62. The average Bonchev–Trinajstić information content (AvgIpc) is 2.72. The summed E-state index contributed by atoms with van der Waals surface area (Å²) < 4.78 is 37.5. The Morgan fingerprint density at radius 2 is 1.88 bits per heavy atom. The van der Waals surface area contributed by atoms with E-state index in [1.54, 1.807) is 0 Å². The van der Waals surface area contributed by atoms with E-state index < -0.39 is 11.7 Å². The smallest absolute Gasteiger partial charge is 0.356 e. The van der Waals surface area contributed by atoms with E-state index >= 15 is 0 Å². The first kappa shape index (κ1) is 12.5. The predicted octanol–water partition coefficient (Wildman–Crippen LogP) is 2.25. The molecule has 0 radical (unpaired) electrons. The van der Waals surface area contributed by atoms with E-state index in [2.05, 4.69) is 16.0 Å². The second-order valence-electron chi connectivity index (χ2n) is 3.68. The highest BCUT2D eigenvalue weighted by Crippen LogP contribution is 2.33. The van der Waals surface area contributed by atoms with Crippen molar-refractivity contribution in [2.45, 2.75) is 12.5 Å². The molecule has 0 saturated carbocycles. The van der Waals surface area contributed by atoms with Crippen LogP contribution in [-0.2, 0) is 6.18 Å². The van der Waals surface area contributed by atoms with Crippen LogP contribution in [0.4, 0.5) is 18.9 Å². The minimum absolute atomic E-state index is 0.254. The van der Waals surface area contributed by atoms with Crippen LogP contribution in [0.3, 0.4) is 0 Å². The summed E-state index contributed by atoms with van der Waals surface area (Å²) in [5.41, 5.74) is -0.462. The Hall–Kier alpha value is -0.980. The van der Waals surface area contributed by atoms with Gasteiger partial charge in [-0.05, 0) is 18.2 Å². The summed E-state index contributed by atoms with van der Waals surface area (Å²) in [5, 5.41) is 9.18. The molecule has 2 rings (SSSR count). The molecule has 0 amide bonds. The monoisotopic (exact) mass is 265 g/mol. The van der Waals surface area contributed by atoms with Crippen LogP contribution in [-0.4, -0.2) is 19.4 Å². The molecular weight excluding hydrogens is 255 g/mol. The van der Waals surface area contributed by atoms with Crippen molar-refractivity contribution in [2.24, 2.45) is 0 Å². The largest absolute Gasteiger partial charge is 0.416 e. The van der Waals surface area contributed by atoms with Gasteiger partial charge >= 0.3 is 6.18 Å². The van der Waals surface area contributed by atoms with Crippen LogP contribution in [0, 0.1) is 0 Å². The molecule has 1 aliphatic rings. The van der Waals surface area contributed by atoms with Gasteiger partial charge in [-0.15, -0.1) is 0 Å². The molecule has 0 bridgehead atoms. The van der Waals surface area contributed by atoms with Crippen molar-refractivity contribution >= 4 is 17.3 Å². The number of benzene rings is 1. The van der Waals surface area contributed by atoms with Gasteiger partial charge in [-0.1, -0.05) is 11.6 Å². The van der Waals surface area contributed by atoms with E-state index in [4.69, 9.17) is 11.6 Å². The van der Waals surface area contributed by atoms with Crippen LogP contribution < -0.4 is 16.0 Å². The van der Waals surface area contributed by atoms with Crippen molar-refractivity contribution in [1.82, 2.24) is 10.6 Å². The topological polar surface area (TPSA) is 36.1 Å². The van der Waals surface area contributed by atoms with Crippen LogP contribution in [0.1, 0.15) is 5.56 Å². The first-order chi connectivity index (χ1) is 7.97. The maximum absolute atomic E-state index is 12.5. The molecule has 94 valence electrons. The number of hydrogen-bond donors (Lipinski definition) is 3. The number of anilines is 1. The van der Waals surface area contributed by atoms with E-state index in [-0.39, 0.29) is 17.0 Å². The van der Waals surface area contributed by atoms with Gasteiger partial charge < -0.3 is 5.32 Å². The lowest BCUT2D eigenvalue weighted by atomic mass is 10.2. The maximum Gasteiger partial charge on any atom is 0.416 e. The predicted molar refractivity (Wildman–Crippen MR) is 59.9 cm³/mol. The molecule has 1 saturated heterocycles. The minimum atomic E-state index is -4.36. The van der Waals surface area contributed by atoms with Gasteiger partial charge in [0.1, 0.15) is 6.29 Å². The van der Waals surface area contributed by atoms with Gasteiger partial charge in [0.15, 0.2) is 0 Å². The lowest BCUT2D eigenvalue weighted by molar-refractivity contribution is -0.137. The van der Waals surface area contributed by atoms with E-state index in [1.165, 1.54) is 6.07 Å². The molecule has 0 atom stereocenters. The first-order valence-corrected chi connectivity index (χ1v) is 5.45. The van der Waals surface area contributed by atoms with Gasteiger partial charge in [0.2, 0.25) is 0 Å². The number of halogens is 4. The Balaban J connectivity index is 2.20. The zero-order chi connectivity index (χ0) is 12.5. The van der Waals surface area contributed by atoms with E-state index in [0.717, 1.165) is 25.2 Å². The molecule has 3 N–H and O–H groups in total. The van der Waals surface area contributed by atoms with Crippen LogP contribution in [0.2, 0.25) is 5.02 Å². The van der Waals surface area contributed by atoms with Crippen molar-refractivity contribution in [2.75, 3.05) is 18.4 Å². The quantitative estimate of drug-likeness (QED) is 0.768. The van der Waals surface area contributed by atoms with Gasteiger partial charge in [0.05, 0.1) is 16.3 Å². The third-order valence-corrected chi connectivity index (χ3v) is 2.75. The van der Waals surface area contributed by atoms with Gasteiger partial charge in [-0.25, -0.2) is 0 Å². The van der Waals surface area contributed by atoms with E-state index in [1.807, 2.05) is 0 Å². The summed E-state index contributed by atoms with van der Waals surface area (Å²) in [5.74, 6) is 0. The Labute approximate surface area is 101 Å². The fourth-order valence-corrected chi connectivity index (χ4v) is 1.75. The van der Waals surface area contributed by atoms with Crippen molar-refractivity contribution < 1.29 is 13.2 Å². The Morgan fingerprint density at radius 3 is 2.47 bits per heavy atom.